The zero-order valence-corrected chi connectivity index (χ0v) is 24.9. The second-order valence-electron chi connectivity index (χ2n) is 8.07. The van der Waals surface area contributed by atoms with Gasteiger partial charge in [0.15, 0.2) is 0 Å². The third kappa shape index (κ3) is 13.9. The van der Waals surface area contributed by atoms with Gasteiger partial charge in [-0.05, 0) is 67.3 Å². The number of ether oxygens (including phenoxy) is 3. The minimum Gasteiger partial charge on any atom is -0.428 e. The van der Waals surface area contributed by atoms with E-state index in [1.807, 2.05) is 27.7 Å². The number of esters is 3. The Morgan fingerprint density at radius 2 is 1.24 bits per heavy atom. The highest BCUT2D eigenvalue weighted by Gasteiger charge is 2.10. The van der Waals surface area contributed by atoms with Gasteiger partial charge in [-0.15, -0.1) is 0 Å². The van der Waals surface area contributed by atoms with Gasteiger partial charge in [0.05, 0.1) is 0 Å². The summed E-state index contributed by atoms with van der Waals surface area (Å²) < 4.78 is 28.9. The van der Waals surface area contributed by atoms with Crippen LogP contribution in [0.15, 0.2) is 103 Å². The fourth-order valence-corrected chi connectivity index (χ4v) is 2.84. The van der Waals surface area contributed by atoms with Gasteiger partial charge >= 0.3 is 17.9 Å². The third-order valence-electron chi connectivity index (χ3n) is 4.89. The van der Waals surface area contributed by atoms with Crippen LogP contribution < -0.4 is 9.47 Å². The summed E-state index contributed by atoms with van der Waals surface area (Å²) in [5, 5.41) is 0. The predicted octanol–water partition coefficient (Wildman–Crippen LogP) is 8.30. The average Bonchev–Trinajstić information content (AvgIpc) is 2.99. The van der Waals surface area contributed by atoms with E-state index in [9.17, 15) is 18.8 Å². The number of aryl methyl sites for hydroxylation is 1. The van der Waals surface area contributed by atoms with Gasteiger partial charge in [0, 0.05) is 17.6 Å². The lowest BCUT2D eigenvalue weighted by Gasteiger charge is -2.08. The molecular formula is C34H41FO6. The van der Waals surface area contributed by atoms with E-state index in [0.29, 0.717) is 23.5 Å². The van der Waals surface area contributed by atoms with Gasteiger partial charge in [0.2, 0.25) is 0 Å². The van der Waals surface area contributed by atoms with Crippen molar-refractivity contribution in [1.29, 1.82) is 0 Å². The standard InChI is InChI=1S/C30H29FO6.2C2H6/c1-6-23(24-11-15-26(16-12-24)37-30(34)21(4)5)10-17-27(19-31)35-28(32)18-9-22-7-13-25(14-8-22)36-29(33)20(2)3;2*1-2/h6-8,10-17H,1-2,4,9,18-19H2,3,5H3;2*1-2H3/b23-10+,27-17+;;. The SMILES string of the molecule is C=C/C(=C\C=C(/CF)OC(=O)CCc1ccc(OC(=O)C(=C)C)cc1)c1ccc(OC(=O)C(=C)C)cc1.CC.CC. The lowest BCUT2D eigenvalue weighted by atomic mass is 10.1. The maximum atomic E-state index is 13.5. The summed E-state index contributed by atoms with van der Waals surface area (Å²) in [5.41, 5.74) is 2.78. The number of hydrogen-bond donors (Lipinski definition) is 0. The minimum absolute atomic E-state index is 0.0324. The Hall–Kier alpha value is -4.52. The fraction of sp³-hybridized carbons (Fsp3) is 0.265. The molecule has 41 heavy (non-hydrogen) atoms. The molecule has 0 saturated heterocycles. The summed E-state index contributed by atoms with van der Waals surface area (Å²) in [5.74, 6) is -1.04. The van der Waals surface area contributed by atoms with Crippen LogP contribution in [0, 0.1) is 0 Å². The minimum atomic E-state index is -0.967. The van der Waals surface area contributed by atoms with E-state index in [2.05, 4.69) is 19.7 Å². The first kappa shape index (κ1) is 36.5. The van der Waals surface area contributed by atoms with Crippen molar-refractivity contribution in [2.24, 2.45) is 0 Å². The molecule has 0 atom stereocenters. The van der Waals surface area contributed by atoms with Crippen molar-refractivity contribution in [2.75, 3.05) is 6.67 Å². The molecule has 2 aromatic carbocycles. The Labute approximate surface area is 243 Å². The van der Waals surface area contributed by atoms with Gasteiger partial charge in [0.25, 0.3) is 0 Å². The van der Waals surface area contributed by atoms with Crippen LogP contribution in [0.25, 0.3) is 5.57 Å². The number of benzene rings is 2. The van der Waals surface area contributed by atoms with Crippen LogP contribution in [0.4, 0.5) is 4.39 Å². The third-order valence-corrected chi connectivity index (χ3v) is 4.89. The van der Waals surface area contributed by atoms with E-state index in [-0.39, 0.29) is 23.3 Å². The van der Waals surface area contributed by atoms with Crippen molar-refractivity contribution in [3.05, 3.63) is 115 Å². The van der Waals surface area contributed by atoms with E-state index in [0.717, 1.165) is 11.1 Å². The molecule has 0 aliphatic heterocycles. The first-order valence-corrected chi connectivity index (χ1v) is 13.4. The molecule has 0 heterocycles. The molecule has 2 rings (SSSR count). The summed E-state index contributed by atoms with van der Waals surface area (Å²) >= 11 is 0. The summed E-state index contributed by atoms with van der Waals surface area (Å²) in [6.45, 7) is 21.0. The van der Waals surface area contributed by atoms with Crippen LogP contribution >= 0.6 is 0 Å². The van der Waals surface area contributed by atoms with E-state index in [4.69, 9.17) is 14.2 Å². The highest BCUT2D eigenvalue weighted by atomic mass is 19.1. The number of rotatable bonds is 12. The highest BCUT2D eigenvalue weighted by Crippen LogP contribution is 2.21. The van der Waals surface area contributed by atoms with Crippen LogP contribution in [-0.4, -0.2) is 24.6 Å². The van der Waals surface area contributed by atoms with E-state index < -0.39 is 24.6 Å². The van der Waals surface area contributed by atoms with Gasteiger partial charge in [0.1, 0.15) is 23.9 Å². The van der Waals surface area contributed by atoms with E-state index >= 15 is 0 Å². The van der Waals surface area contributed by atoms with Crippen molar-refractivity contribution in [2.45, 2.75) is 54.4 Å². The quantitative estimate of drug-likeness (QED) is 0.0848. The summed E-state index contributed by atoms with van der Waals surface area (Å²) in [6.07, 6.45) is 4.91. The molecule has 0 aliphatic rings. The second-order valence-corrected chi connectivity index (χ2v) is 8.07. The van der Waals surface area contributed by atoms with Crippen molar-refractivity contribution < 1.29 is 33.0 Å². The molecule has 2 aromatic rings. The second kappa shape index (κ2) is 20.4. The molecule has 0 unspecified atom stereocenters. The molecule has 0 aromatic heterocycles. The zero-order chi connectivity index (χ0) is 31.4. The topological polar surface area (TPSA) is 78.9 Å². The summed E-state index contributed by atoms with van der Waals surface area (Å²) in [4.78, 5) is 35.4. The molecule has 7 heteroatoms. The van der Waals surface area contributed by atoms with Gasteiger partial charge in [-0.25, -0.2) is 14.0 Å². The predicted molar refractivity (Wildman–Crippen MR) is 163 cm³/mol. The monoisotopic (exact) mass is 564 g/mol. The number of allylic oxidation sites excluding steroid dienone is 5. The van der Waals surface area contributed by atoms with Crippen LogP contribution in [0.3, 0.4) is 0 Å². The Morgan fingerprint density at radius 1 is 0.780 bits per heavy atom. The molecule has 6 nitrogen and oxygen atoms in total. The summed E-state index contributed by atoms with van der Waals surface area (Å²) in [7, 11) is 0. The molecular weight excluding hydrogens is 523 g/mol. The largest absolute Gasteiger partial charge is 0.428 e. The zero-order valence-electron chi connectivity index (χ0n) is 24.9. The lowest BCUT2D eigenvalue weighted by molar-refractivity contribution is -0.139. The molecule has 0 amide bonds. The molecule has 0 saturated carbocycles. The van der Waals surface area contributed by atoms with Crippen molar-refractivity contribution in [1.82, 2.24) is 0 Å². The average molecular weight is 565 g/mol. The Kier molecular flexibility index (Phi) is 18.1. The highest BCUT2D eigenvalue weighted by molar-refractivity contribution is 5.89. The van der Waals surface area contributed by atoms with Crippen molar-refractivity contribution in [3.8, 4) is 11.5 Å². The fourth-order valence-electron chi connectivity index (χ4n) is 2.84. The Morgan fingerprint density at radius 3 is 1.66 bits per heavy atom. The van der Waals surface area contributed by atoms with Crippen LogP contribution in [0.1, 0.15) is 59.1 Å². The smallest absolute Gasteiger partial charge is 0.338 e. The molecule has 0 fully saturated rings. The Bertz CT molecular complexity index is 1230. The maximum absolute atomic E-state index is 13.5. The van der Waals surface area contributed by atoms with Gasteiger partial charge in [-0.3, -0.25) is 4.79 Å². The number of halogens is 1. The molecule has 0 bridgehead atoms. The molecule has 0 spiro atoms. The molecule has 220 valence electrons. The number of carbonyl (C=O) groups excluding carboxylic acids is 3. The first-order chi connectivity index (χ1) is 19.6. The lowest BCUT2D eigenvalue weighted by Crippen LogP contribution is -2.08. The molecule has 0 N–H and O–H groups in total. The van der Waals surface area contributed by atoms with E-state index in [1.54, 1.807) is 74.5 Å². The number of hydrogen-bond acceptors (Lipinski definition) is 6. The van der Waals surface area contributed by atoms with Crippen LogP contribution in [-0.2, 0) is 25.5 Å². The van der Waals surface area contributed by atoms with Gasteiger partial charge in [-0.2, -0.15) is 0 Å². The van der Waals surface area contributed by atoms with Crippen LogP contribution in [0.5, 0.6) is 11.5 Å². The molecule has 0 aliphatic carbocycles. The Balaban J connectivity index is 0.00000382. The van der Waals surface area contributed by atoms with Gasteiger partial charge in [-0.1, -0.05) is 83.8 Å². The maximum Gasteiger partial charge on any atom is 0.338 e. The van der Waals surface area contributed by atoms with Crippen molar-refractivity contribution >= 4 is 23.5 Å². The van der Waals surface area contributed by atoms with Crippen molar-refractivity contribution in [3.63, 3.8) is 0 Å². The first-order valence-electron chi connectivity index (χ1n) is 13.4. The van der Waals surface area contributed by atoms with Crippen LogP contribution in [0.2, 0.25) is 0 Å². The number of alkyl halides is 1. The number of carbonyl (C=O) groups is 3. The van der Waals surface area contributed by atoms with Gasteiger partial charge < -0.3 is 14.2 Å². The normalized spacial score (nSPS) is 10.5. The molecule has 0 radical (unpaired) electrons. The summed E-state index contributed by atoms with van der Waals surface area (Å²) in [6, 6.07) is 13.4. The van der Waals surface area contributed by atoms with E-state index in [1.165, 1.54) is 6.08 Å².